The zero-order valence-corrected chi connectivity index (χ0v) is 17.3. The van der Waals surface area contributed by atoms with Crippen molar-refractivity contribution in [1.82, 2.24) is 9.62 Å². The van der Waals surface area contributed by atoms with E-state index in [9.17, 15) is 13.2 Å². The molecule has 1 fully saturated rings. The van der Waals surface area contributed by atoms with E-state index in [1.54, 1.807) is 16.4 Å². The van der Waals surface area contributed by atoms with Gasteiger partial charge in [-0.1, -0.05) is 18.2 Å². The zero-order chi connectivity index (χ0) is 20.1. The number of rotatable bonds is 7. The van der Waals surface area contributed by atoms with Gasteiger partial charge in [0.2, 0.25) is 15.9 Å². The maximum Gasteiger partial charge on any atom is 0.243 e. The van der Waals surface area contributed by atoms with Gasteiger partial charge in [-0.2, -0.15) is 4.31 Å². The van der Waals surface area contributed by atoms with Crippen LogP contribution in [0.4, 0.5) is 0 Å². The maximum absolute atomic E-state index is 12.9. The normalized spacial score (nSPS) is 16.2. The summed E-state index contributed by atoms with van der Waals surface area (Å²) in [5.74, 6) is 1.96. The molecule has 1 aromatic heterocycles. The topological polar surface area (TPSA) is 79.6 Å². The molecule has 1 aromatic carbocycles. The first-order valence-corrected chi connectivity index (χ1v) is 11.2. The minimum absolute atomic E-state index is 0.00372. The molecule has 1 aliphatic rings. The third-order valence-corrected chi connectivity index (χ3v) is 7.38. The highest BCUT2D eigenvalue weighted by atomic mass is 32.2. The quantitative estimate of drug-likeness (QED) is 0.767. The molecule has 3 rings (SSSR count). The van der Waals surface area contributed by atoms with Crippen molar-refractivity contribution in [3.63, 3.8) is 0 Å². The Kier molecular flexibility index (Phi) is 6.57. The van der Waals surface area contributed by atoms with E-state index in [2.05, 4.69) is 5.32 Å². The van der Waals surface area contributed by atoms with E-state index in [0.29, 0.717) is 36.9 Å². The summed E-state index contributed by atoms with van der Waals surface area (Å²) in [6, 6.07) is 10.8. The molecule has 0 unspecified atom stereocenters. The van der Waals surface area contributed by atoms with Gasteiger partial charge in [-0.15, -0.1) is 0 Å². The number of amides is 1. The number of furan rings is 1. The Bertz CT molecular complexity index is 912. The van der Waals surface area contributed by atoms with Gasteiger partial charge in [0.15, 0.2) is 0 Å². The number of aryl methyl sites for hydroxylation is 2. The van der Waals surface area contributed by atoms with Crippen LogP contribution in [0.1, 0.15) is 42.8 Å². The molecule has 0 saturated carbocycles. The maximum atomic E-state index is 12.9. The number of nitrogens with one attached hydrogen (secondary N) is 1. The van der Waals surface area contributed by atoms with Crippen molar-refractivity contribution in [1.29, 1.82) is 0 Å². The first kappa shape index (κ1) is 20.6. The molecule has 0 spiro atoms. The lowest BCUT2D eigenvalue weighted by Crippen LogP contribution is -2.39. The van der Waals surface area contributed by atoms with E-state index >= 15 is 0 Å². The van der Waals surface area contributed by atoms with Crippen molar-refractivity contribution in [2.24, 2.45) is 5.92 Å². The smallest absolute Gasteiger partial charge is 0.243 e. The van der Waals surface area contributed by atoms with E-state index < -0.39 is 10.0 Å². The first-order valence-electron chi connectivity index (χ1n) is 9.74. The van der Waals surface area contributed by atoms with Crippen molar-refractivity contribution < 1.29 is 17.6 Å². The summed E-state index contributed by atoms with van der Waals surface area (Å²) in [4.78, 5) is 12.4. The van der Waals surface area contributed by atoms with Crippen LogP contribution < -0.4 is 5.32 Å². The highest BCUT2D eigenvalue weighted by Gasteiger charge is 2.30. The summed E-state index contributed by atoms with van der Waals surface area (Å²) in [6.45, 7) is 5.11. The van der Waals surface area contributed by atoms with Crippen LogP contribution in [0.15, 0.2) is 45.7 Å². The average molecular weight is 405 g/mol. The van der Waals surface area contributed by atoms with Gasteiger partial charge >= 0.3 is 0 Å². The Morgan fingerprint density at radius 1 is 1.14 bits per heavy atom. The molecule has 152 valence electrons. The lowest BCUT2D eigenvalue weighted by Gasteiger charge is -2.31. The Hall–Kier alpha value is -2.12. The van der Waals surface area contributed by atoms with Gasteiger partial charge in [-0.05, 0) is 62.8 Å². The van der Waals surface area contributed by atoms with Gasteiger partial charge in [-0.25, -0.2) is 8.42 Å². The summed E-state index contributed by atoms with van der Waals surface area (Å²) in [7, 11) is -3.44. The summed E-state index contributed by atoms with van der Waals surface area (Å²) in [5, 5.41) is 2.87. The van der Waals surface area contributed by atoms with Crippen LogP contribution in [0.25, 0.3) is 0 Å². The second-order valence-corrected chi connectivity index (χ2v) is 9.35. The predicted octanol–water partition coefficient (Wildman–Crippen LogP) is 3.39. The zero-order valence-electron chi connectivity index (χ0n) is 16.5. The lowest BCUT2D eigenvalue weighted by molar-refractivity contribution is -0.121. The van der Waals surface area contributed by atoms with Crippen molar-refractivity contribution in [2.45, 2.75) is 51.0 Å². The number of nitrogens with zero attached hydrogens (tertiary/aromatic N) is 1. The standard InChI is InChI=1S/C21H28N2O4S/c1-16-5-3-4-6-20(16)28(25,26)23-13-11-18(12-14-23)8-10-21(24)22-15-19-9-7-17(2)27-19/h3-7,9,18H,8,10-15H2,1-2H3,(H,22,24). The Labute approximate surface area is 167 Å². The monoisotopic (exact) mass is 404 g/mol. The molecule has 1 saturated heterocycles. The van der Waals surface area contributed by atoms with Gasteiger partial charge in [0, 0.05) is 19.5 Å². The van der Waals surface area contributed by atoms with E-state index in [-0.39, 0.29) is 5.91 Å². The molecule has 2 aromatic rings. The molecule has 1 amide bonds. The molecule has 1 aliphatic heterocycles. The number of carbonyl (C=O) groups excluding carboxylic acids is 1. The number of hydrogen-bond donors (Lipinski definition) is 1. The second kappa shape index (κ2) is 8.92. The van der Waals surface area contributed by atoms with E-state index in [0.717, 1.165) is 36.3 Å². The highest BCUT2D eigenvalue weighted by Crippen LogP contribution is 2.27. The first-order chi connectivity index (χ1) is 13.4. The average Bonchev–Trinajstić information content (AvgIpc) is 3.10. The van der Waals surface area contributed by atoms with Gasteiger partial charge in [0.1, 0.15) is 11.5 Å². The largest absolute Gasteiger partial charge is 0.465 e. The minimum Gasteiger partial charge on any atom is -0.465 e. The summed E-state index contributed by atoms with van der Waals surface area (Å²) < 4.78 is 32.7. The van der Waals surface area contributed by atoms with E-state index in [1.807, 2.05) is 38.1 Å². The van der Waals surface area contributed by atoms with Crippen LogP contribution in [0, 0.1) is 19.8 Å². The minimum atomic E-state index is -3.44. The highest BCUT2D eigenvalue weighted by molar-refractivity contribution is 7.89. The number of carbonyl (C=O) groups is 1. The van der Waals surface area contributed by atoms with Crippen LogP contribution in [-0.2, 0) is 21.4 Å². The predicted molar refractivity (Wildman–Crippen MR) is 107 cm³/mol. The molecule has 0 atom stereocenters. The van der Waals surface area contributed by atoms with Crippen LogP contribution in [0.5, 0.6) is 0 Å². The van der Waals surface area contributed by atoms with Crippen molar-refractivity contribution in [3.05, 3.63) is 53.5 Å². The van der Waals surface area contributed by atoms with Gasteiger partial charge in [-0.3, -0.25) is 4.79 Å². The fourth-order valence-corrected chi connectivity index (χ4v) is 5.31. The fraction of sp³-hybridized carbons (Fsp3) is 0.476. The van der Waals surface area contributed by atoms with Crippen LogP contribution in [0.2, 0.25) is 0 Å². The summed E-state index contributed by atoms with van der Waals surface area (Å²) in [5.41, 5.74) is 0.771. The lowest BCUT2D eigenvalue weighted by atomic mass is 9.93. The molecule has 6 nitrogen and oxygen atoms in total. The van der Waals surface area contributed by atoms with Crippen molar-refractivity contribution in [3.8, 4) is 0 Å². The van der Waals surface area contributed by atoms with Crippen molar-refractivity contribution >= 4 is 15.9 Å². The van der Waals surface area contributed by atoms with Crippen LogP contribution >= 0.6 is 0 Å². The van der Waals surface area contributed by atoms with Gasteiger partial charge in [0.05, 0.1) is 11.4 Å². The molecule has 2 heterocycles. The SMILES string of the molecule is Cc1ccc(CNC(=O)CCC2CCN(S(=O)(=O)c3ccccc3C)CC2)o1. The molecule has 1 N–H and O–H groups in total. The van der Waals surface area contributed by atoms with Crippen molar-refractivity contribution in [2.75, 3.05) is 13.1 Å². The summed E-state index contributed by atoms with van der Waals surface area (Å²) >= 11 is 0. The Morgan fingerprint density at radius 3 is 2.50 bits per heavy atom. The molecule has 0 bridgehead atoms. The number of benzene rings is 1. The van der Waals surface area contributed by atoms with E-state index in [1.165, 1.54) is 0 Å². The number of sulfonamides is 1. The van der Waals surface area contributed by atoms with Crippen LogP contribution in [0.3, 0.4) is 0 Å². The third-order valence-electron chi connectivity index (χ3n) is 5.32. The Morgan fingerprint density at radius 2 is 1.86 bits per heavy atom. The number of piperidine rings is 1. The van der Waals surface area contributed by atoms with Gasteiger partial charge < -0.3 is 9.73 Å². The second-order valence-electron chi connectivity index (χ2n) is 7.44. The molecule has 0 radical (unpaired) electrons. The van der Waals surface area contributed by atoms with Gasteiger partial charge in [0.25, 0.3) is 0 Å². The van der Waals surface area contributed by atoms with E-state index in [4.69, 9.17) is 4.42 Å². The number of hydrogen-bond acceptors (Lipinski definition) is 4. The molecular weight excluding hydrogens is 376 g/mol. The third kappa shape index (κ3) is 5.02. The Balaban J connectivity index is 1.44. The molecule has 0 aliphatic carbocycles. The molecule has 28 heavy (non-hydrogen) atoms. The fourth-order valence-electron chi connectivity index (χ4n) is 3.61. The molecule has 7 heteroatoms. The van der Waals surface area contributed by atoms with Crippen LogP contribution in [-0.4, -0.2) is 31.7 Å². The summed E-state index contributed by atoms with van der Waals surface area (Å²) in [6.07, 6.45) is 2.81. The molecular formula is C21H28N2O4S.